The second-order valence-electron chi connectivity index (χ2n) is 5.01. The quantitative estimate of drug-likeness (QED) is 0.877. The molecule has 6 heteroatoms. The van der Waals surface area contributed by atoms with E-state index in [1.807, 2.05) is 6.92 Å². The number of hydrogen-bond acceptors (Lipinski definition) is 3. The molecule has 2 N–H and O–H groups in total. The zero-order chi connectivity index (χ0) is 14.0. The maximum atomic E-state index is 12.2. The van der Waals surface area contributed by atoms with Crippen LogP contribution in [0.25, 0.3) is 0 Å². The zero-order valence-corrected chi connectivity index (χ0v) is 12.3. The lowest BCUT2D eigenvalue weighted by Crippen LogP contribution is -2.40. The summed E-state index contributed by atoms with van der Waals surface area (Å²) in [6.07, 6.45) is 3.33. The Bertz CT molecular complexity index is 555. The third-order valence-electron chi connectivity index (χ3n) is 3.70. The molecule has 0 spiro atoms. The molecule has 0 saturated heterocycles. The van der Waals surface area contributed by atoms with Crippen LogP contribution < -0.4 is 4.72 Å². The van der Waals surface area contributed by atoms with Crippen molar-refractivity contribution in [2.75, 3.05) is 0 Å². The maximum absolute atomic E-state index is 12.2. The van der Waals surface area contributed by atoms with Crippen molar-refractivity contribution < 1.29 is 13.5 Å². The van der Waals surface area contributed by atoms with Gasteiger partial charge in [-0.1, -0.05) is 24.1 Å². The normalized spacial score (nSPS) is 18.1. The number of benzene rings is 1. The van der Waals surface area contributed by atoms with Crippen molar-refractivity contribution in [1.82, 2.24) is 4.72 Å². The summed E-state index contributed by atoms with van der Waals surface area (Å²) in [7, 11) is -3.54. The molecule has 0 bridgehead atoms. The molecule has 0 aliphatic heterocycles. The number of nitrogens with one attached hydrogen (secondary N) is 1. The molecule has 1 atom stereocenters. The van der Waals surface area contributed by atoms with Gasteiger partial charge in [-0.05, 0) is 43.4 Å². The topological polar surface area (TPSA) is 66.4 Å². The van der Waals surface area contributed by atoms with E-state index in [0.29, 0.717) is 11.5 Å². The smallest absolute Gasteiger partial charge is 0.240 e. The van der Waals surface area contributed by atoms with Gasteiger partial charge >= 0.3 is 0 Å². The highest BCUT2D eigenvalue weighted by Gasteiger charge is 2.28. The van der Waals surface area contributed by atoms with Crippen LogP contribution in [0.15, 0.2) is 23.1 Å². The molecule has 19 heavy (non-hydrogen) atoms. The lowest BCUT2D eigenvalue weighted by molar-refractivity contribution is 0.260. The third kappa shape index (κ3) is 3.28. The summed E-state index contributed by atoms with van der Waals surface area (Å²) < 4.78 is 27.1. The van der Waals surface area contributed by atoms with Gasteiger partial charge in [0.1, 0.15) is 0 Å². The molecule has 1 aromatic rings. The first-order chi connectivity index (χ1) is 8.94. The van der Waals surface area contributed by atoms with Crippen LogP contribution in [0.2, 0.25) is 5.02 Å². The van der Waals surface area contributed by atoms with Gasteiger partial charge in [0.25, 0.3) is 0 Å². The molecule has 1 saturated carbocycles. The molecule has 0 amide bonds. The van der Waals surface area contributed by atoms with Crippen molar-refractivity contribution >= 4 is 21.6 Å². The Balaban J connectivity index is 2.16. The fourth-order valence-electron chi connectivity index (χ4n) is 2.17. The summed E-state index contributed by atoms with van der Waals surface area (Å²) in [6.45, 7) is 1.69. The molecule has 4 nitrogen and oxygen atoms in total. The zero-order valence-electron chi connectivity index (χ0n) is 10.8. The molecular formula is C13H18ClNO3S. The summed E-state index contributed by atoms with van der Waals surface area (Å²) in [5, 5.41) is 9.29. The van der Waals surface area contributed by atoms with Crippen molar-refractivity contribution in [2.24, 2.45) is 5.92 Å². The van der Waals surface area contributed by atoms with E-state index in [2.05, 4.69) is 4.72 Å². The van der Waals surface area contributed by atoms with Crippen molar-refractivity contribution in [3.63, 3.8) is 0 Å². The van der Waals surface area contributed by atoms with Crippen LogP contribution in [0, 0.1) is 5.92 Å². The van der Waals surface area contributed by atoms with Gasteiger partial charge in [-0.3, -0.25) is 0 Å². The van der Waals surface area contributed by atoms with Crippen molar-refractivity contribution in [2.45, 2.75) is 43.7 Å². The van der Waals surface area contributed by atoms with E-state index >= 15 is 0 Å². The number of hydrogen-bond donors (Lipinski definition) is 2. The van der Waals surface area contributed by atoms with Crippen LogP contribution >= 0.6 is 11.6 Å². The van der Waals surface area contributed by atoms with E-state index in [0.717, 1.165) is 12.8 Å². The highest BCUT2D eigenvalue weighted by molar-refractivity contribution is 7.89. The van der Waals surface area contributed by atoms with E-state index in [-0.39, 0.29) is 22.6 Å². The first kappa shape index (κ1) is 14.8. The summed E-state index contributed by atoms with van der Waals surface area (Å²) in [4.78, 5) is 0.140. The first-order valence-corrected chi connectivity index (χ1v) is 8.22. The van der Waals surface area contributed by atoms with E-state index in [4.69, 9.17) is 16.7 Å². The Labute approximate surface area is 118 Å². The van der Waals surface area contributed by atoms with E-state index < -0.39 is 10.0 Å². The molecule has 0 heterocycles. The summed E-state index contributed by atoms with van der Waals surface area (Å²) in [5.41, 5.74) is 0.521. The highest BCUT2D eigenvalue weighted by atomic mass is 35.5. The van der Waals surface area contributed by atoms with Gasteiger partial charge in [0.05, 0.1) is 11.5 Å². The second kappa shape index (κ2) is 5.79. The van der Waals surface area contributed by atoms with Gasteiger partial charge in [-0.15, -0.1) is 0 Å². The van der Waals surface area contributed by atoms with Crippen molar-refractivity contribution in [1.29, 1.82) is 0 Å². The van der Waals surface area contributed by atoms with Crippen LogP contribution in [-0.2, 0) is 16.6 Å². The maximum Gasteiger partial charge on any atom is 0.240 e. The predicted molar refractivity (Wildman–Crippen MR) is 74.5 cm³/mol. The van der Waals surface area contributed by atoms with Gasteiger partial charge in [0, 0.05) is 11.1 Å². The lowest BCUT2D eigenvalue weighted by atomic mass is 9.81. The molecule has 1 aliphatic rings. The Hall–Kier alpha value is -0.620. The Kier molecular flexibility index (Phi) is 4.50. The largest absolute Gasteiger partial charge is 0.392 e. The predicted octanol–water partition coefficient (Wildman–Crippen LogP) is 2.30. The Morgan fingerprint density at radius 3 is 2.63 bits per heavy atom. The van der Waals surface area contributed by atoms with Gasteiger partial charge in [0.2, 0.25) is 10.0 Å². The average molecular weight is 304 g/mol. The minimum Gasteiger partial charge on any atom is -0.392 e. The Morgan fingerprint density at radius 2 is 2.16 bits per heavy atom. The fraction of sp³-hybridized carbons (Fsp3) is 0.538. The number of rotatable bonds is 5. The minimum absolute atomic E-state index is 0.0601. The summed E-state index contributed by atoms with van der Waals surface area (Å²) >= 11 is 5.92. The molecule has 1 fully saturated rings. The van der Waals surface area contributed by atoms with E-state index in [1.165, 1.54) is 24.6 Å². The molecule has 0 aromatic heterocycles. The molecule has 106 valence electrons. The van der Waals surface area contributed by atoms with Crippen LogP contribution in [0.5, 0.6) is 0 Å². The fourth-order valence-corrected chi connectivity index (χ4v) is 3.82. The monoisotopic (exact) mass is 303 g/mol. The Morgan fingerprint density at radius 1 is 1.47 bits per heavy atom. The van der Waals surface area contributed by atoms with Gasteiger partial charge < -0.3 is 5.11 Å². The summed E-state index contributed by atoms with van der Waals surface area (Å²) in [5.74, 6) is 0.432. The van der Waals surface area contributed by atoms with Crippen molar-refractivity contribution in [3.8, 4) is 0 Å². The second-order valence-corrected chi connectivity index (χ2v) is 7.13. The minimum atomic E-state index is -3.54. The molecule has 1 aliphatic carbocycles. The van der Waals surface area contributed by atoms with Gasteiger partial charge in [0.15, 0.2) is 0 Å². The van der Waals surface area contributed by atoms with E-state index in [1.54, 1.807) is 0 Å². The lowest BCUT2D eigenvalue weighted by Gasteiger charge is -2.31. The summed E-state index contributed by atoms with van der Waals surface area (Å²) in [6, 6.07) is 4.32. The van der Waals surface area contributed by atoms with Crippen LogP contribution in [0.1, 0.15) is 31.7 Å². The highest BCUT2D eigenvalue weighted by Crippen LogP contribution is 2.30. The number of halogens is 1. The standard InChI is InChI=1S/C13H18ClNO3S/c1-9(10-3-2-4-10)15-19(17,18)12-6-5-11(8-16)13(14)7-12/h5-7,9-10,15-16H,2-4,8H2,1H3. The molecule has 1 unspecified atom stereocenters. The molecule has 0 radical (unpaired) electrons. The average Bonchev–Trinajstić information content (AvgIpc) is 2.25. The molecule has 1 aromatic carbocycles. The van der Waals surface area contributed by atoms with E-state index in [9.17, 15) is 8.42 Å². The van der Waals surface area contributed by atoms with Gasteiger partial charge in [-0.2, -0.15) is 0 Å². The van der Waals surface area contributed by atoms with Crippen LogP contribution in [0.4, 0.5) is 0 Å². The number of aliphatic hydroxyl groups excluding tert-OH is 1. The number of sulfonamides is 1. The van der Waals surface area contributed by atoms with Crippen LogP contribution in [0.3, 0.4) is 0 Å². The van der Waals surface area contributed by atoms with Gasteiger partial charge in [-0.25, -0.2) is 13.1 Å². The van der Waals surface area contributed by atoms with Crippen molar-refractivity contribution in [3.05, 3.63) is 28.8 Å². The third-order valence-corrected chi connectivity index (χ3v) is 5.61. The molecular weight excluding hydrogens is 286 g/mol. The first-order valence-electron chi connectivity index (χ1n) is 6.35. The molecule has 2 rings (SSSR count). The SMILES string of the molecule is CC(NS(=O)(=O)c1ccc(CO)c(Cl)c1)C1CCC1. The number of aliphatic hydroxyl groups is 1. The van der Waals surface area contributed by atoms with Crippen LogP contribution in [-0.4, -0.2) is 19.6 Å².